The lowest BCUT2D eigenvalue weighted by Gasteiger charge is -2.18. The molecule has 0 aliphatic heterocycles. The first-order chi connectivity index (χ1) is 11.3. The summed E-state index contributed by atoms with van der Waals surface area (Å²) in [5.41, 5.74) is 1.88. The standard InChI is InChI=1S/C17H17ClN4O2/c1-17(2,3)24-16(23)21-14-10-22-13(18)7-12(8-15(22)20-14)11-5-4-6-19-9-11/h4-10H,1-3H3,(H,21,23). The number of carbonyl (C=O) groups excluding carboxylic acids is 1. The maximum Gasteiger partial charge on any atom is 0.413 e. The van der Waals surface area contributed by atoms with Gasteiger partial charge < -0.3 is 4.74 Å². The lowest BCUT2D eigenvalue weighted by atomic mass is 10.1. The van der Waals surface area contributed by atoms with Crippen molar-refractivity contribution in [2.45, 2.75) is 26.4 Å². The van der Waals surface area contributed by atoms with Gasteiger partial charge in [-0.1, -0.05) is 17.7 Å². The molecule has 3 heterocycles. The van der Waals surface area contributed by atoms with Crippen molar-refractivity contribution < 1.29 is 9.53 Å². The van der Waals surface area contributed by atoms with Crippen LogP contribution in [0.5, 0.6) is 0 Å². The van der Waals surface area contributed by atoms with E-state index < -0.39 is 11.7 Å². The summed E-state index contributed by atoms with van der Waals surface area (Å²) < 4.78 is 6.91. The first kappa shape index (κ1) is 16.3. The third-order valence-corrected chi connectivity index (χ3v) is 3.44. The fraction of sp³-hybridized carbons (Fsp3) is 0.235. The summed E-state index contributed by atoms with van der Waals surface area (Å²) in [5.74, 6) is 0.370. The Morgan fingerprint density at radius 3 is 2.75 bits per heavy atom. The highest BCUT2D eigenvalue weighted by molar-refractivity contribution is 6.30. The molecule has 0 radical (unpaired) electrons. The van der Waals surface area contributed by atoms with Crippen molar-refractivity contribution in [2.75, 3.05) is 5.32 Å². The van der Waals surface area contributed by atoms with Crippen molar-refractivity contribution in [3.05, 3.63) is 48.0 Å². The third kappa shape index (κ3) is 3.65. The average Bonchev–Trinajstić information content (AvgIpc) is 2.89. The molecule has 124 valence electrons. The molecule has 1 N–H and O–H groups in total. The van der Waals surface area contributed by atoms with Crippen LogP contribution >= 0.6 is 11.6 Å². The average molecular weight is 345 g/mol. The van der Waals surface area contributed by atoms with Gasteiger partial charge >= 0.3 is 6.09 Å². The van der Waals surface area contributed by atoms with E-state index in [4.69, 9.17) is 16.3 Å². The number of halogens is 1. The number of hydrogen-bond donors (Lipinski definition) is 1. The molecule has 7 heteroatoms. The summed E-state index contributed by atoms with van der Waals surface area (Å²) in [6.45, 7) is 5.40. The number of pyridine rings is 2. The highest BCUT2D eigenvalue weighted by atomic mass is 35.5. The Labute approximate surface area is 144 Å². The van der Waals surface area contributed by atoms with Crippen molar-refractivity contribution >= 4 is 29.2 Å². The van der Waals surface area contributed by atoms with Gasteiger partial charge in [0.1, 0.15) is 16.4 Å². The molecule has 1 amide bonds. The van der Waals surface area contributed by atoms with E-state index in [9.17, 15) is 4.79 Å². The van der Waals surface area contributed by atoms with Crippen LogP contribution in [0.15, 0.2) is 42.9 Å². The maximum atomic E-state index is 11.9. The Kier molecular flexibility index (Phi) is 4.15. The van der Waals surface area contributed by atoms with Crippen LogP contribution in [-0.2, 0) is 4.74 Å². The van der Waals surface area contributed by atoms with Gasteiger partial charge in [0.25, 0.3) is 0 Å². The minimum Gasteiger partial charge on any atom is -0.444 e. The van der Waals surface area contributed by atoms with Gasteiger partial charge in [0.2, 0.25) is 0 Å². The van der Waals surface area contributed by atoms with Crippen molar-refractivity contribution in [2.24, 2.45) is 0 Å². The number of nitrogens with zero attached hydrogens (tertiary/aromatic N) is 3. The van der Waals surface area contributed by atoms with Crippen molar-refractivity contribution in [3.8, 4) is 11.1 Å². The highest BCUT2D eigenvalue weighted by Crippen LogP contribution is 2.26. The first-order valence-corrected chi connectivity index (χ1v) is 7.79. The van der Waals surface area contributed by atoms with E-state index in [0.29, 0.717) is 16.6 Å². The summed E-state index contributed by atoms with van der Waals surface area (Å²) in [4.78, 5) is 20.3. The SMILES string of the molecule is CC(C)(C)OC(=O)Nc1cn2c(Cl)cc(-c3cccnc3)cc2n1. The predicted octanol–water partition coefficient (Wildman–Crippen LogP) is 4.40. The third-order valence-electron chi connectivity index (χ3n) is 3.15. The molecule has 0 fully saturated rings. The van der Waals surface area contributed by atoms with Crippen LogP contribution in [0.3, 0.4) is 0 Å². The minimum absolute atomic E-state index is 0.370. The van der Waals surface area contributed by atoms with E-state index in [2.05, 4.69) is 15.3 Å². The summed E-state index contributed by atoms with van der Waals surface area (Å²) in [6.07, 6.45) is 4.55. The summed E-state index contributed by atoms with van der Waals surface area (Å²) in [5, 5.41) is 3.09. The van der Waals surface area contributed by atoms with E-state index in [1.54, 1.807) is 43.8 Å². The van der Waals surface area contributed by atoms with Gasteiger partial charge in [-0.25, -0.2) is 9.78 Å². The molecule has 6 nitrogen and oxygen atoms in total. The second kappa shape index (κ2) is 6.13. The number of rotatable bonds is 2. The van der Waals surface area contributed by atoms with Crippen LogP contribution in [-0.4, -0.2) is 26.1 Å². The number of nitrogens with one attached hydrogen (secondary N) is 1. The number of amides is 1. The molecule has 0 aromatic carbocycles. The Bertz CT molecular complexity index is 885. The largest absolute Gasteiger partial charge is 0.444 e. The number of hydrogen-bond acceptors (Lipinski definition) is 4. The van der Waals surface area contributed by atoms with Gasteiger partial charge in [0.05, 0.1) is 6.20 Å². The van der Waals surface area contributed by atoms with Gasteiger partial charge in [-0.05, 0) is 44.5 Å². The number of carbonyl (C=O) groups is 1. The molecular weight excluding hydrogens is 328 g/mol. The Morgan fingerprint density at radius 2 is 2.08 bits per heavy atom. The van der Waals surface area contributed by atoms with E-state index in [-0.39, 0.29) is 0 Å². The number of fused-ring (bicyclic) bond motifs is 1. The molecule has 0 unspecified atom stereocenters. The number of aromatic nitrogens is 3. The van der Waals surface area contributed by atoms with Crippen LogP contribution in [0.25, 0.3) is 16.8 Å². The molecule has 0 saturated carbocycles. The van der Waals surface area contributed by atoms with E-state index >= 15 is 0 Å². The van der Waals surface area contributed by atoms with Gasteiger partial charge in [-0.3, -0.25) is 14.7 Å². The van der Waals surface area contributed by atoms with Crippen LogP contribution in [0.1, 0.15) is 20.8 Å². The van der Waals surface area contributed by atoms with Crippen molar-refractivity contribution in [1.82, 2.24) is 14.4 Å². The zero-order valence-corrected chi connectivity index (χ0v) is 14.3. The normalized spacial score (nSPS) is 11.5. The Hall–Kier alpha value is -2.60. The smallest absolute Gasteiger partial charge is 0.413 e. The molecule has 0 atom stereocenters. The van der Waals surface area contributed by atoms with Crippen LogP contribution in [0.2, 0.25) is 5.15 Å². The second-order valence-corrected chi connectivity index (χ2v) is 6.68. The zero-order chi connectivity index (χ0) is 17.3. The van der Waals surface area contributed by atoms with Gasteiger partial charge in [-0.15, -0.1) is 0 Å². The monoisotopic (exact) mass is 344 g/mol. The molecule has 24 heavy (non-hydrogen) atoms. The zero-order valence-electron chi connectivity index (χ0n) is 13.6. The maximum absolute atomic E-state index is 11.9. The van der Waals surface area contributed by atoms with Crippen LogP contribution in [0.4, 0.5) is 10.6 Å². The lowest BCUT2D eigenvalue weighted by molar-refractivity contribution is 0.0635. The fourth-order valence-corrected chi connectivity index (χ4v) is 2.47. The van der Waals surface area contributed by atoms with Crippen LogP contribution < -0.4 is 5.32 Å². The first-order valence-electron chi connectivity index (χ1n) is 7.41. The van der Waals surface area contributed by atoms with Crippen LogP contribution in [0, 0.1) is 0 Å². The highest BCUT2D eigenvalue weighted by Gasteiger charge is 2.17. The number of anilines is 1. The van der Waals surface area contributed by atoms with Crippen molar-refractivity contribution in [1.29, 1.82) is 0 Å². The minimum atomic E-state index is -0.575. The van der Waals surface area contributed by atoms with Gasteiger partial charge in [0.15, 0.2) is 5.82 Å². The Morgan fingerprint density at radius 1 is 1.29 bits per heavy atom. The van der Waals surface area contributed by atoms with E-state index in [0.717, 1.165) is 11.1 Å². The quantitative estimate of drug-likeness (QED) is 0.700. The second-order valence-electron chi connectivity index (χ2n) is 6.29. The lowest BCUT2D eigenvalue weighted by Crippen LogP contribution is -2.27. The van der Waals surface area contributed by atoms with Crippen molar-refractivity contribution in [3.63, 3.8) is 0 Å². The molecule has 0 bridgehead atoms. The summed E-state index contributed by atoms with van der Waals surface area (Å²) in [7, 11) is 0. The Balaban J connectivity index is 1.91. The molecule has 3 rings (SSSR count). The van der Waals surface area contributed by atoms with Gasteiger partial charge in [-0.2, -0.15) is 0 Å². The molecule has 0 aliphatic rings. The van der Waals surface area contributed by atoms with E-state index in [1.807, 2.05) is 24.3 Å². The fourth-order valence-electron chi connectivity index (χ4n) is 2.21. The molecule has 0 aliphatic carbocycles. The molecule has 3 aromatic rings. The number of imidazole rings is 1. The predicted molar refractivity (Wildman–Crippen MR) is 93.3 cm³/mol. The molecular formula is C17H17ClN4O2. The molecule has 0 spiro atoms. The topological polar surface area (TPSA) is 68.5 Å². The summed E-state index contributed by atoms with van der Waals surface area (Å²) in [6, 6.07) is 7.50. The van der Waals surface area contributed by atoms with Gasteiger partial charge in [0, 0.05) is 18.0 Å². The molecule has 0 saturated heterocycles. The number of ether oxygens (including phenoxy) is 1. The summed E-state index contributed by atoms with van der Waals surface area (Å²) >= 11 is 6.33. The van der Waals surface area contributed by atoms with E-state index in [1.165, 1.54) is 0 Å². The molecule has 3 aromatic heterocycles.